The number of amides is 2. The molecule has 1 spiro atoms. The number of halogens is 2. The van der Waals surface area contributed by atoms with Crippen LogP contribution in [-0.4, -0.2) is 45.8 Å². The minimum atomic E-state index is -0.983. The van der Waals surface area contributed by atoms with Crippen LogP contribution in [-0.2, 0) is 16.8 Å². The van der Waals surface area contributed by atoms with E-state index < -0.39 is 46.4 Å². The molecule has 2 aliphatic heterocycles. The predicted octanol–water partition coefficient (Wildman–Crippen LogP) is 1.45. The summed E-state index contributed by atoms with van der Waals surface area (Å²) >= 11 is 0. The van der Waals surface area contributed by atoms with E-state index in [4.69, 9.17) is 4.74 Å². The van der Waals surface area contributed by atoms with Crippen molar-refractivity contribution in [3.63, 3.8) is 0 Å². The van der Waals surface area contributed by atoms with E-state index in [0.717, 1.165) is 6.07 Å². The number of nitrogens with zero attached hydrogens (tertiary/aromatic N) is 2. The highest BCUT2D eigenvalue weighted by Crippen LogP contribution is 2.53. The van der Waals surface area contributed by atoms with Crippen LogP contribution < -0.4 is 10.7 Å². The van der Waals surface area contributed by atoms with Crippen molar-refractivity contribution in [3.05, 3.63) is 63.1 Å². The van der Waals surface area contributed by atoms with E-state index in [1.54, 1.807) is 0 Å². The first kappa shape index (κ1) is 19.7. The first-order valence-electron chi connectivity index (χ1n) is 9.97. The van der Waals surface area contributed by atoms with Crippen LogP contribution in [0.2, 0.25) is 0 Å². The number of pyridine rings is 1. The molecule has 8 nitrogen and oxygen atoms in total. The Labute approximate surface area is 175 Å². The first-order chi connectivity index (χ1) is 14.8. The zero-order valence-electron chi connectivity index (χ0n) is 16.4. The molecule has 0 bridgehead atoms. The molecule has 1 atom stereocenters. The van der Waals surface area contributed by atoms with Gasteiger partial charge in [0.2, 0.25) is 5.43 Å². The van der Waals surface area contributed by atoms with E-state index >= 15 is 0 Å². The number of fused-ring (bicyclic) bond motifs is 4. The van der Waals surface area contributed by atoms with Gasteiger partial charge >= 0.3 is 0 Å². The van der Waals surface area contributed by atoms with Crippen LogP contribution >= 0.6 is 0 Å². The van der Waals surface area contributed by atoms with E-state index in [1.807, 2.05) is 0 Å². The van der Waals surface area contributed by atoms with Gasteiger partial charge in [-0.1, -0.05) is 6.07 Å². The SMILES string of the molecule is O=C(NCc1ccc(F)cc1F)c1cn2c(c(O)c1=O)C(=O)N1CCCOC1C21CC1. The summed E-state index contributed by atoms with van der Waals surface area (Å²) in [4.78, 5) is 39.9. The lowest BCUT2D eigenvalue weighted by Gasteiger charge is -2.46. The number of hydrogen-bond donors (Lipinski definition) is 2. The van der Waals surface area contributed by atoms with Crippen molar-refractivity contribution >= 4 is 11.8 Å². The van der Waals surface area contributed by atoms with Crippen LogP contribution in [0.15, 0.2) is 29.2 Å². The molecule has 5 rings (SSSR count). The summed E-state index contributed by atoms with van der Waals surface area (Å²) in [7, 11) is 0. The van der Waals surface area contributed by atoms with Crippen molar-refractivity contribution in [2.75, 3.05) is 13.2 Å². The largest absolute Gasteiger partial charge is 0.503 e. The average Bonchev–Trinajstić information content (AvgIpc) is 3.55. The molecule has 1 aromatic heterocycles. The van der Waals surface area contributed by atoms with Crippen molar-refractivity contribution in [3.8, 4) is 5.75 Å². The third kappa shape index (κ3) is 2.93. The lowest BCUT2D eigenvalue weighted by molar-refractivity contribution is -0.120. The number of nitrogens with one attached hydrogen (secondary N) is 1. The molecule has 162 valence electrons. The van der Waals surface area contributed by atoms with E-state index in [9.17, 15) is 28.3 Å². The summed E-state index contributed by atoms with van der Waals surface area (Å²) in [5.74, 6) is -3.72. The number of rotatable bonds is 3. The molecular formula is C21H19F2N3O5. The van der Waals surface area contributed by atoms with Gasteiger partial charge in [-0.3, -0.25) is 14.4 Å². The minimum Gasteiger partial charge on any atom is -0.503 e. The number of aromatic hydroxyl groups is 1. The van der Waals surface area contributed by atoms with Crippen molar-refractivity contribution < 1.29 is 28.2 Å². The van der Waals surface area contributed by atoms with Gasteiger partial charge in [0.05, 0.1) is 12.1 Å². The first-order valence-corrected chi connectivity index (χ1v) is 9.97. The van der Waals surface area contributed by atoms with Gasteiger partial charge in [0, 0.05) is 30.9 Å². The van der Waals surface area contributed by atoms with Gasteiger partial charge in [-0.25, -0.2) is 8.78 Å². The monoisotopic (exact) mass is 431 g/mol. The molecule has 31 heavy (non-hydrogen) atoms. The van der Waals surface area contributed by atoms with Gasteiger partial charge in [0.25, 0.3) is 11.8 Å². The number of carbonyl (C=O) groups is 2. The molecule has 0 radical (unpaired) electrons. The predicted molar refractivity (Wildman–Crippen MR) is 102 cm³/mol. The molecule has 1 aromatic carbocycles. The van der Waals surface area contributed by atoms with E-state index in [-0.39, 0.29) is 23.4 Å². The van der Waals surface area contributed by atoms with Crippen LogP contribution in [0, 0.1) is 11.6 Å². The Kier molecular flexibility index (Phi) is 4.37. The molecule has 2 aromatic rings. The van der Waals surface area contributed by atoms with Gasteiger partial charge in [0.1, 0.15) is 17.2 Å². The van der Waals surface area contributed by atoms with E-state index in [1.165, 1.54) is 21.7 Å². The zero-order valence-corrected chi connectivity index (χ0v) is 16.4. The van der Waals surface area contributed by atoms with E-state index in [2.05, 4.69) is 5.32 Å². The molecule has 3 heterocycles. The average molecular weight is 431 g/mol. The third-order valence-corrected chi connectivity index (χ3v) is 6.15. The van der Waals surface area contributed by atoms with Crippen LogP contribution in [0.1, 0.15) is 45.7 Å². The Bertz CT molecular complexity index is 1170. The van der Waals surface area contributed by atoms with Gasteiger partial charge in [-0.15, -0.1) is 0 Å². The third-order valence-electron chi connectivity index (χ3n) is 6.15. The second kappa shape index (κ2) is 6.88. The van der Waals surface area contributed by atoms with Crippen molar-refractivity contribution in [1.82, 2.24) is 14.8 Å². The summed E-state index contributed by atoms with van der Waals surface area (Å²) in [6.07, 6.45) is 2.74. The molecule has 1 unspecified atom stereocenters. The van der Waals surface area contributed by atoms with Gasteiger partial charge in [0.15, 0.2) is 17.7 Å². The Morgan fingerprint density at radius 2 is 2.06 bits per heavy atom. The van der Waals surface area contributed by atoms with Gasteiger partial charge < -0.3 is 24.6 Å². The molecule has 1 aliphatic carbocycles. The Morgan fingerprint density at radius 3 is 2.77 bits per heavy atom. The Hall–Kier alpha value is -3.27. The maximum Gasteiger partial charge on any atom is 0.276 e. The molecule has 3 aliphatic rings. The highest BCUT2D eigenvalue weighted by atomic mass is 19.1. The number of ether oxygens (including phenoxy) is 1. The molecule has 10 heteroatoms. The molecule has 2 N–H and O–H groups in total. The Balaban J connectivity index is 1.50. The molecular weight excluding hydrogens is 412 g/mol. The fourth-order valence-corrected chi connectivity index (χ4v) is 4.42. The lowest BCUT2D eigenvalue weighted by Crippen LogP contribution is -2.59. The highest BCUT2D eigenvalue weighted by molar-refractivity contribution is 5.99. The molecule has 2 amide bonds. The molecule has 1 saturated carbocycles. The fourth-order valence-electron chi connectivity index (χ4n) is 4.42. The summed E-state index contributed by atoms with van der Waals surface area (Å²) in [5, 5.41) is 13.0. The number of aromatic nitrogens is 1. The molecule has 1 saturated heterocycles. The maximum absolute atomic E-state index is 13.8. The van der Waals surface area contributed by atoms with Crippen LogP contribution in [0.3, 0.4) is 0 Å². The van der Waals surface area contributed by atoms with Crippen LogP contribution in [0.5, 0.6) is 5.75 Å². The maximum atomic E-state index is 13.8. The molecule has 2 fully saturated rings. The quantitative estimate of drug-likeness (QED) is 0.766. The lowest BCUT2D eigenvalue weighted by atomic mass is 10.0. The van der Waals surface area contributed by atoms with E-state index in [0.29, 0.717) is 38.5 Å². The van der Waals surface area contributed by atoms with Crippen LogP contribution in [0.4, 0.5) is 8.78 Å². The summed E-state index contributed by atoms with van der Waals surface area (Å²) < 4.78 is 34.2. The summed E-state index contributed by atoms with van der Waals surface area (Å²) in [5.41, 5.74) is -2.09. The standard InChI is InChI=1S/C21H19F2N3O5/c22-12-3-2-11(14(23)8-12)9-24-18(29)13-10-26-15(17(28)16(13)27)19(30)25-6-1-7-31-20(25)21(26)4-5-21/h2-3,8,10,20,28H,1,4-7,9H2,(H,24,29). The normalized spacial score (nSPS) is 20.9. The summed E-state index contributed by atoms with van der Waals surface area (Å²) in [6.45, 7) is 0.676. The second-order valence-corrected chi connectivity index (χ2v) is 8.04. The van der Waals surface area contributed by atoms with Crippen molar-refractivity contribution in [1.29, 1.82) is 0 Å². The summed E-state index contributed by atoms with van der Waals surface area (Å²) in [6, 6.07) is 2.94. The second-order valence-electron chi connectivity index (χ2n) is 8.04. The number of hydrogen-bond acceptors (Lipinski definition) is 5. The van der Waals surface area contributed by atoms with Crippen molar-refractivity contribution in [2.24, 2.45) is 0 Å². The van der Waals surface area contributed by atoms with Crippen molar-refractivity contribution in [2.45, 2.75) is 37.6 Å². The smallest absolute Gasteiger partial charge is 0.276 e. The number of carbonyl (C=O) groups excluding carboxylic acids is 2. The Morgan fingerprint density at radius 1 is 1.29 bits per heavy atom. The highest BCUT2D eigenvalue weighted by Gasteiger charge is 2.60. The fraction of sp³-hybridized carbons (Fsp3) is 0.381. The van der Waals surface area contributed by atoms with Crippen LogP contribution in [0.25, 0.3) is 0 Å². The van der Waals surface area contributed by atoms with Gasteiger partial charge in [-0.2, -0.15) is 0 Å². The minimum absolute atomic E-state index is 0.0390. The topological polar surface area (TPSA) is 101 Å². The van der Waals surface area contributed by atoms with Gasteiger partial charge in [-0.05, 0) is 25.3 Å². The number of benzene rings is 1. The zero-order chi connectivity index (χ0) is 21.9.